The number of benzene rings is 1. The van der Waals surface area contributed by atoms with E-state index >= 15 is 0 Å². The Morgan fingerprint density at radius 1 is 1.00 bits per heavy atom. The van der Waals surface area contributed by atoms with Crippen molar-refractivity contribution in [1.82, 2.24) is 0 Å². The molecule has 0 aliphatic heterocycles. The van der Waals surface area contributed by atoms with Gasteiger partial charge < -0.3 is 9.47 Å². The molecular formula is C13H11Cl5O2. The summed E-state index contributed by atoms with van der Waals surface area (Å²) in [6, 6.07) is 3.19. The summed E-state index contributed by atoms with van der Waals surface area (Å²) in [5, 5.41) is 1.31. The Morgan fingerprint density at radius 3 is 2.05 bits per heavy atom. The zero-order valence-electron chi connectivity index (χ0n) is 10.4. The molecule has 0 aliphatic carbocycles. The van der Waals surface area contributed by atoms with E-state index in [9.17, 15) is 0 Å². The summed E-state index contributed by atoms with van der Waals surface area (Å²) >= 11 is 28.8. The Balaban J connectivity index is 2.75. The lowest BCUT2D eigenvalue weighted by Gasteiger charge is -2.11. The topological polar surface area (TPSA) is 18.5 Å². The molecule has 110 valence electrons. The average molecular weight is 376 g/mol. The largest absolute Gasteiger partial charge is 0.489 e. The van der Waals surface area contributed by atoms with Crippen LogP contribution in [0.1, 0.15) is 6.92 Å². The monoisotopic (exact) mass is 374 g/mol. The minimum Gasteiger partial charge on any atom is -0.489 e. The lowest BCUT2D eigenvalue weighted by molar-refractivity contribution is 0.353. The Hall–Kier alpha value is -0.250. The Morgan fingerprint density at radius 2 is 1.55 bits per heavy atom. The fourth-order valence-electron chi connectivity index (χ4n) is 1.20. The van der Waals surface area contributed by atoms with E-state index in [1.807, 2.05) is 0 Å². The first-order valence-electron chi connectivity index (χ1n) is 5.48. The van der Waals surface area contributed by atoms with Crippen LogP contribution in [-0.2, 0) is 0 Å². The molecule has 0 aliphatic rings. The summed E-state index contributed by atoms with van der Waals surface area (Å²) in [4.78, 5) is 0. The third kappa shape index (κ3) is 6.47. The highest BCUT2D eigenvalue weighted by Crippen LogP contribution is 2.37. The lowest BCUT2D eigenvalue weighted by Crippen LogP contribution is -1.98. The molecule has 0 N–H and O–H groups in total. The van der Waals surface area contributed by atoms with Crippen molar-refractivity contribution in [2.45, 2.75) is 6.92 Å². The molecule has 20 heavy (non-hydrogen) atoms. The third-order valence-electron chi connectivity index (χ3n) is 2.05. The summed E-state index contributed by atoms with van der Waals surface area (Å²) < 4.78 is 10.9. The lowest BCUT2D eigenvalue weighted by atomic mass is 10.3. The van der Waals surface area contributed by atoms with Gasteiger partial charge in [0.05, 0.1) is 10.0 Å². The van der Waals surface area contributed by atoms with E-state index in [1.54, 1.807) is 25.1 Å². The summed E-state index contributed by atoms with van der Waals surface area (Å²) in [5.41, 5.74) is 0. The highest BCUT2D eigenvalue weighted by Gasteiger charge is 2.10. The van der Waals surface area contributed by atoms with Gasteiger partial charge in [0, 0.05) is 17.2 Å². The number of ether oxygens (including phenoxy) is 2. The highest BCUT2D eigenvalue weighted by atomic mass is 35.5. The number of hydrogen-bond donors (Lipinski definition) is 0. The second-order valence-corrected chi connectivity index (χ2v) is 6.04. The van der Waals surface area contributed by atoms with Crippen LogP contribution >= 0.6 is 58.0 Å². The first-order valence-corrected chi connectivity index (χ1v) is 7.37. The van der Waals surface area contributed by atoms with E-state index in [0.717, 1.165) is 0 Å². The molecule has 1 aromatic rings. The molecule has 0 bridgehead atoms. The van der Waals surface area contributed by atoms with Crippen LogP contribution in [0.4, 0.5) is 0 Å². The smallest absolute Gasteiger partial charge is 0.157 e. The molecule has 1 aromatic carbocycles. The first kappa shape index (κ1) is 17.8. The van der Waals surface area contributed by atoms with E-state index in [-0.39, 0.29) is 17.7 Å². The maximum Gasteiger partial charge on any atom is 0.157 e. The van der Waals surface area contributed by atoms with Gasteiger partial charge in [0.15, 0.2) is 5.75 Å². The predicted molar refractivity (Wildman–Crippen MR) is 86.9 cm³/mol. The second-order valence-electron chi connectivity index (χ2n) is 3.62. The van der Waals surface area contributed by atoms with Gasteiger partial charge in [0.1, 0.15) is 23.5 Å². The van der Waals surface area contributed by atoms with Crippen LogP contribution in [0.3, 0.4) is 0 Å². The van der Waals surface area contributed by atoms with Crippen LogP contribution in [0.5, 0.6) is 11.5 Å². The van der Waals surface area contributed by atoms with Crippen molar-refractivity contribution in [1.29, 1.82) is 0 Å². The van der Waals surface area contributed by atoms with Crippen LogP contribution in [-0.4, -0.2) is 13.2 Å². The van der Waals surface area contributed by atoms with E-state index in [0.29, 0.717) is 26.6 Å². The Kier molecular flexibility index (Phi) is 7.93. The minimum absolute atomic E-state index is 0.130. The SMILES string of the molecule is C/C(Cl)=C/COc1c(Cl)cc(OCC=C(Cl)Cl)cc1Cl. The highest BCUT2D eigenvalue weighted by molar-refractivity contribution is 6.55. The fourth-order valence-corrected chi connectivity index (χ4v) is 1.96. The van der Waals surface area contributed by atoms with Crippen molar-refractivity contribution in [3.63, 3.8) is 0 Å². The molecule has 2 nitrogen and oxygen atoms in total. The Bertz CT molecular complexity index is 494. The molecule has 0 saturated carbocycles. The fraction of sp³-hybridized carbons (Fsp3) is 0.231. The van der Waals surface area contributed by atoms with Crippen LogP contribution in [0.25, 0.3) is 0 Å². The maximum atomic E-state index is 6.08. The molecule has 1 rings (SSSR count). The normalized spacial score (nSPS) is 11.2. The van der Waals surface area contributed by atoms with E-state index in [4.69, 9.17) is 67.5 Å². The summed E-state index contributed by atoms with van der Waals surface area (Å²) in [6.45, 7) is 2.24. The number of allylic oxidation sites excluding steroid dienone is 1. The van der Waals surface area contributed by atoms with Crippen LogP contribution in [0.2, 0.25) is 10.0 Å². The zero-order valence-corrected chi connectivity index (χ0v) is 14.2. The molecular weight excluding hydrogens is 365 g/mol. The van der Waals surface area contributed by atoms with Crippen molar-refractivity contribution in [3.05, 3.63) is 43.9 Å². The van der Waals surface area contributed by atoms with Gasteiger partial charge in [0.2, 0.25) is 0 Å². The Labute approximate surface area is 142 Å². The van der Waals surface area contributed by atoms with Crippen molar-refractivity contribution in [2.75, 3.05) is 13.2 Å². The molecule has 0 heterocycles. The predicted octanol–water partition coefficient (Wildman–Crippen LogP) is 6.21. The molecule has 0 fully saturated rings. The van der Waals surface area contributed by atoms with E-state index in [2.05, 4.69) is 0 Å². The van der Waals surface area contributed by atoms with Gasteiger partial charge in [-0.25, -0.2) is 0 Å². The van der Waals surface area contributed by atoms with E-state index < -0.39 is 0 Å². The molecule has 0 unspecified atom stereocenters. The van der Waals surface area contributed by atoms with E-state index in [1.165, 1.54) is 6.08 Å². The van der Waals surface area contributed by atoms with Crippen LogP contribution in [0.15, 0.2) is 33.8 Å². The first-order chi connectivity index (χ1) is 9.40. The van der Waals surface area contributed by atoms with Gasteiger partial charge in [-0.2, -0.15) is 0 Å². The van der Waals surface area contributed by atoms with Crippen LogP contribution in [0, 0.1) is 0 Å². The number of halogens is 5. The molecule has 7 heteroatoms. The average Bonchev–Trinajstić information content (AvgIpc) is 2.32. The molecule has 0 aromatic heterocycles. The number of rotatable bonds is 6. The van der Waals surface area contributed by atoms with Gasteiger partial charge in [-0.3, -0.25) is 0 Å². The maximum absolute atomic E-state index is 6.08. The van der Waals surface area contributed by atoms with Gasteiger partial charge >= 0.3 is 0 Å². The van der Waals surface area contributed by atoms with Crippen molar-refractivity contribution in [2.24, 2.45) is 0 Å². The van der Waals surface area contributed by atoms with Gasteiger partial charge in [0.25, 0.3) is 0 Å². The summed E-state index contributed by atoms with van der Waals surface area (Å²) in [7, 11) is 0. The molecule has 0 saturated heterocycles. The standard InChI is InChI=1S/C13H11Cl5O2/c1-8(14)2-4-20-13-10(15)6-9(7-11(13)16)19-5-3-12(17)18/h2-3,6-7H,4-5H2,1H3/b8-2-. The van der Waals surface area contributed by atoms with Crippen molar-refractivity contribution >= 4 is 58.0 Å². The van der Waals surface area contributed by atoms with Gasteiger partial charge in [-0.1, -0.05) is 58.0 Å². The molecule has 0 amide bonds. The second kappa shape index (κ2) is 8.91. The molecule has 0 spiro atoms. The van der Waals surface area contributed by atoms with Crippen LogP contribution < -0.4 is 9.47 Å². The van der Waals surface area contributed by atoms with Crippen molar-refractivity contribution in [3.8, 4) is 11.5 Å². The molecule has 0 atom stereocenters. The summed E-state index contributed by atoms with van der Waals surface area (Å²) in [5.74, 6) is 0.864. The number of hydrogen-bond acceptors (Lipinski definition) is 2. The summed E-state index contributed by atoms with van der Waals surface area (Å²) in [6.07, 6.45) is 3.20. The zero-order chi connectivity index (χ0) is 15.1. The van der Waals surface area contributed by atoms with Gasteiger partial charge in [-0.05, 0) is 19.1 Å². The third-order valence-corrected chi connectivity index (χ3v) is 3.08. The quantitative estimate of drug-likeness (QED) is 0.587. The molecule has 0 radical (unpaired) electrons. The van der Waals surface area contributed by atoms with Gasteiger partial charge in [-0.15, -0.1) is 0 Å². The van der Waals surface area contributed by atoms with Crippen molar-refractivity contribution < 1.29 is 9.47 Å². The minimum atomic E-state index is 0.130.